The predicted octanol–water partition coefficient (Wildman–Crippen LogP) is 0.829. The first kappa shape index (κ1) is 15.0. The summed E-state index contributed by atoms with van der Waals surface area (Å²) in [6.45, 7) is 2.12. The van der Waals surface area contributed by atoms with Gasteiger partial charge in [-0.2, -0.15) is 0 Å². The van der Waals surface area contributed by atoms with Gasteiger partial charge in [0.15, 0.2) is 6.10 Å². The number of carbonyl (C=O) groups excluding carboxylic acids is 1. The second-order valence-electron chi connectivity index (χ2n) is 4.11. The number of aliphatic carboxylic acids is 1. The van der Waals surface area contributed by atoms with Crippen molar-refractivity contribution >= 4 is 12.0 Å². The first-order valence-electron chi connectivity index (χ1n) is 5.73. The van der Waals surface area contributed by atoms with Gasteiger partial charge in [0, 0.05) is 19.7 Å². The number of ether oxygens (including phenoxy) is 1. The van der Waals surface area contributed by atoms with Crippen LogP contribution in [-0.4, -0.2) is 48.8 Å². The van der Waals surface area contributed by atoms with Gasteiger partial charge in [0.25, 0.3) is 0 Å². The quantitative estimate of drug-likeness (QED) is 0.798. The SMILES string of the molecule is COC(CNC(=O)N(C)Cc1ccoc1C)C(=O)O. The largest absolute Gasteiger partial charge is 0.479 e. The minimum Gasteiger partial charge on any atom is -0.479 e. The smallest absolute Gasteiger partial charge is 0.334 e. The van der Waals surface area contributed by atoms with Gasteiger partial charge >= 0.3 is 12.0 Å². The standard InChI is InChI=1S/C12H18N2O5/c1-8-9(4-5-19-8)7-14(2)12(17)13-6-10(18-3)11(15)16/h4-5,10H,6-7H2,1-3H3,(H,13,17)(H,15,16). The van der Waals surface area contributed by atoms with E-state index < -0.39 is 12.1 Å². The molecule has 7 heteroatoms. The monoisotopic (exact) mass is 270 g/mol. The molecule has 0 saturated heterocycles. The Hall–Kier alpha value is -2.02. The van der Waals surface area contributed by atoms with Crippen LogP contribution in [0.1, 0.15) is 11.3 Å². The average Bonchev–Trinajstić information content (AvgIpc) is 2.75. The van der Waals surface area contributed by atoms with Gasteiger partial charge in [0.05, 0.1) is 19.4 Å². The Morgan fingerprint density at radius 3 is 2.74 bits per heavy atom. The van der Waals surface area contributed by atoms with Gasteiger partial charge in [0.2, 0.25) is 0 Å². The minimum absolute atomic E-state index is 0.0840. The lowest BCUT2D eigenvalue weighted by molar-refractivity contribution is -0.148. The number of amides is 2. The Morgan fingerprint density at radius 1 is 1.58 bits per heavy atom. The molecule has 7 nitrogen and oxygen atoms in total. The van der Waals surface area contributed by atoms with E-state index in [0.717, 1.165) is 11.3 Å². The molecular weight excluding hydrogens is 252 g/mol. The number of carboxylic acids is 1. The van der Waals surface area contributed by atoms with Crippen molar-refractivity contribution in [2.24, 2.45) is 0 Å². The van der Waals surface area contributed by atoms with Gasteiger partial charge < -0.3 is 24.5 Å². The molecule has 0 bridgehead atoms. The van der Waals surface area contributed by atoms with Crippen LogP contribution < -0.4 is 5.32 Å². The van der Waals surface area contributed by atoms with E-state index in [1.807, 2.05) is 6.92 Å². The number of urea groups is 1. The molecule has 2 amide bonds. The topological polar surface area (TPSA) is 92.0 Å². The first-order chi connectivity index (χ1) is 8.95. The summed E-state index contributed by atoms with van der Waals surface area (Å²) in [7, 11) is 2.90. The average molecular weight is 270 g/mol. The van der Waals surface area contributed by atoms with Gasteiger partial charge in [-0.05, 0) is 13.0 Å². The second kappa shape index (κ2) is 6.79. The van der Waals surface area contributed by atoms with Crippen molar-refractivity contribution < 1.29 is 23.8 Å². The molecular formula is C12H18N2O5. The zero-order chi connectivity index (χ0) is 14.4. The summed E-state index contributed by atoms with van der Waals surface area (Å²) >= 11 is 0. The number of carboxylic acid groups (broad SMARTS) is 1. The molecule has 1 heterocycles. The molecule has 0 fully saturated rings. The maximum atomic E-state index is 11.8. The van der Waals surface area contributed by atoms with Crippen molar-refractivity contribution in [2.45, 2.75) is 19.6 Å². The van der Waals surface area contributed by atoms with E-state index in [1.54, 1.807) is 19.4 Å². The number of furan rings is 1. The number of methoxy groups -OCH3 is 1. The molecule has 0 radical (unpaired) electrons. The van der Waals surface area contributed by atoms with E-state index in [2.05, 4.69) is 5.32 Å². The second-order valence-corrected chi connectivity index (χ2v) is 4.11. The molecule has 0 spiro atoms. The Morgan fingerprint density at radius 2 is 2.26 bits per heavy atom. The molecule has 1 rings (SSSR count). The molecule has 0 aliphatic carbocycles. The van der Waals surface area contributed by atoms with Crippen LogP contribution in [0.25, 0.3) is 0 Å². The summed E-state index contributed by atoms with van der Waals surface area (Å²) < 4.78 is 9.86. The Balaban J connectivity index is 2.45. The van der Waals surface area contributed by atoms with E-state index in [1.165, 1.54) is 12.0 Å². The molecule has 0 aromatic carbocycles. The van der Waals surface area contributed by atoms with Crippen molar-refractivity contribution in [2.75, 3.05) is 20.7 Å². The highest BCUT2D eigenvalue weighted by atomic mass is 16.5. The van der Waals surface area contributed by atoms with E-state index in [0.29, 0.717) is 6.54 Å². The molecule has 1 atom stereocenters. The lowest BCUT2D eigenvalue weighted by Crippen LogP contribution is -2.43. The van der Waals surface area contributed by atoms with E-state index >= 15 is 0 Å². The summed E-state index contributed by atoms with van der Waals surface area (Å²) in [6, 6.07) is 1.41. The molecule has 19 heavy (non-hydrogen) atoms. The molecule has 0 aliphatic rings. The number of nitrogens with one attached hydrogen (secondary N) is 1. The third-order valence-electron chi connectivity index (χ3n) is 2.72. The van der Waals surface area contributed by atoms with E-state index in [-0.39, 0.29) is 12.6 Å². The van der Waals surface area contributed by atoms with Crippen molar-refractivity contribution in [3.8, 4) is 0 Å². The van der Waals surface area contributed by atoms with Crippen molar-refractivity contribution in [1.82, 2.24) is 10.2 Å². The fourth-order valence-corrected chi connectivity index (χ4v) is 1.49. The zero-order valence-electron chi connectivity index (χ0n) is 11.2. The molecule has 1 unspecified atom stereocenters. The van der Waals surface area contributed by atoms with Gasteiger partial charge in [-0.1, -0.05) is 0 Å². The lowest BCUT2D eigenvalue weighted by Gasteiger charge is -2.19. The van der Waals surface area contributed by atoms with Gasteiger partial charge in [-0.3, -0.25) is 0 Å². The molecule has 1 aromatic rings. The van der Waals surface area contributed by atoms with Crippen LogP contribution in [0, 0.1) is 6.92 Å². The predicted molar refractivity (Wildman–Crippen MR) is 66.7 cm³/mol. The number of rotatable bonds is 6. The molecule has 0 aliphatic heterocycles. The number of hydrogen-bond donors (Lipinski definition) is 2. The zero-order valence-corrected chi connectivity index (χ0v) is 11.2. The number of hydrogen-bond acceptors (Lipinski definition) is 4. The highest BCUT2D eigenvalue weighted by Gasteiger charge is 2.18. The maximum Gasteiger partial charge on any atom is 0.334 e. The van der Waals surface area contributed by atoms with Crippen LogP contribution in [0.4, 0.5) is 4.79 Å². The summed E-state index contributed by atoms with van der Waals surface area (Å²) in [6.07, 6.45) is 0.509. The Bertz CT molecular complexity index is 443. The van der Waals surface area contributed by atoms with Crippen LogP contribution in [0.3, 0.4) is 0 Å². The summed E-state index contributed by atoms with van der Waals surface area (Å²) in [5.41, 5.74) is 0.902. The fraction of sp³-hybridized carbons (Fsp3) is 0.500. The number of nitrogens with zero attached hydrogens (tertiary/aromatic N) is 1. The normalized spacial score (nSPS) is 11.9. The van der Waals surface area contributed by atoms with E-state index in [4.69, 9.17) is 14.3 Å². The highest BCUT2D eigenvalue weighted by molar-refractivity contribution is 5.76. The maximum absolute atomic E-state index is 11.8. The summed E-state index contributed by atoms with van der Waals surface area (Å²) in [4.78, 5) is 23.9. The van der Waals surface area contributed by atoms with Crippen molar-refractivity contribution in [3.63, 3.8) is 0 Å². The Kier molecular flexibility index (Phi) is 5.37. The van der Waals surface area contributed by atoms with Crippen LogP contribution in [-0.2, 0) is 16.1 Å². The summed E-state index contributed by atoms with van der Waals surface area (Å²) in [5.74, 6) is -0.365. The third kappa shape index (κ3) is 4.29. The fourth-order valence-electron chi connectivity index (χ4n) is 1.49. The molecule has 1 aromatic heterocycles. The van der Waals surface area contributed by atoms with Crippen LogP contribution in [0.5, 0.6) is 0 Å². The van der Waals surface area contributed by atoms with Crippen LogP contribution in [0.15, 0.2) is 16.7 Å². The lowest BCUT2D eigenvalue weighted by atomic mass is 10.2. The number of carbonyl (C=O) groups is 2. The van der Waals surface area contributed by atoms with Gasteiger partial charge in [-0.25, -0.2) is 9.59 Å². The first-order valence-corrected chi connectivity index (χ1v) is 5.73. The van der Waals surface area contributed by atoms with Gasteiger partial charge in [0.1, 0.15) is 5.76 Å². The molecule has 2 N–H and O–H groups in total. The number of aryl methyl sites for hydroxylation is 1. The van der Waals surface area contributed by atoms with Crippen LogP contribution >= 0.6 is 0 Å². The third-order valence-corrected chi connectivity index (χ3v) is 2.72. The molecule has 0 saturated carbocycles. The van der Waals surface area contributed by atoms with E-state index in [9.17, 15) is 9.59 Å². The summed E-state index contributed by atoms with van der Waals surface area (Å²) in [5, 5.41) is 11.3. The highest BCUT2D eigenvalue weighted by Crippen LogP contribution is 2.10. The van der Waals surface area contributed by atoms with Gasteiger partial charge in [-0.15, -0.1) is 0 Å². The Labute approximate surface area is 111 Å². The van der Waals surface area contributed by atoms with Crippen LogP contribution in [0.2, 0.25) is 0 Å². The van der Waals surface area contributed by atoms with Crippen molar-refractivity contribution in [1.29, 1.82) is 0 Å². The van der Waals surface area contributed by atoms with Crippen molar-refractivity contribution in [3.05, 3.63) is 23.7 Å². The minimum atomic E-state index is -1.11. The molecule has 106 valence electrons.